The summed E-state index contributed by atoms with van der Waals surface area (Å²) in [5.74, 6) is 2.17. The van der Waals surface area contributed by atoms with Crippen LogP contribution in [0.2, 0.25) is 0 Å². The molecule has 4 aromatic carbocycles. The highest BCUT2D eigenvalue weighted by Gasteiger charge is 2.21. The number of phenolic OH excluding ortho intramolecular Hbond substituents is 1. The van der Waals surface area contributed by atoms with Crippen LogP contribution in [0.25, 0.3) is 75.0 Å². The lowest BCUT2D eigenvalue weighted by molar-refractivity contribution is 0.417. The second-order valence-corrected chi connectivity index (χ2v) is 13.2. The summed E-state index contributed by atoms with van der Waals surface area (Å²) in [6.45, 7) is 0. The van der Waals surface area contributed by atoms with Crippen LogP contribution >= 0.6 is 22.7 Å². The van der Waals surface area contributed by atoms with Gasteiger partial charge >= 0.3 is 0 Å². The molecule has 0 saturated heterocycles. The van der Waals surface area contributed by atoms with Gasteiger partial charge in [-0.2, -0.15) is 0 Å². The maximum atomic E-state index is 10.9. The summed E-state index contributed by atoms with van der Waals surface area (Å²) in [6, 6.07) is 31.8. The van der Waals surface area contributed by atoms with Crippen LogP contribution in [0.15, 0.2) is 109 Å². The number of anilines is 2. The minimum absolute atomic E-state index is 0.163. The summed E-state index contributed by atoms with van der Waals surface area (Å²) < 4.78 is 7.74. The zero-order valence-electron chi connectivity index (χ0n) is 25.9. The third-order valence-corrected chi connectivity index (χ3v) is 10.4. The van der Waals surface area contributed by atoms with E-state index in [9.17, 15) is 5.11 Å². The highest BCUT2D eigenvalue weighted by atomic mass is 32.1. The third-order valence-electron chi connectivity index (χ3n) is 8.22. The van der Waals surface area contributed by atoms with Crippen LogP contribution in [0.5, 0.6) is 11.5 Å². The number of phenols is 1. The number of thiazole rings is 2. The number of ether oxygens (including phenoxy) is 1. The highest BCUT2D eigenvalue weighted by Crippen LogP contribution is 2.47. The number of nitrogen functional groups attached to an aromatic ring is 1. The Hall–Kier alpha value is -5.84. The average molecular weight is 665 g/mol. The van der Waals surface area contributed by atoms with E-state index in [-0.39, 0.29) is 5.75 Å². The van der Waals surface area contributed by atoms with Gasteiger partial charge in [0.2, 0.25) is 0 Å². The van der Waals surface area contributed by atoms with E-state index in [2.05, 4.69) is 69.9 Å². The number of hydrogen-bond acceptors (Lipinski definition) is 10. The molecule has 0 bridgehead atoms. The average Bonchev–Trinajstić information content (AvgIpc) is 3.76. The topological polar surface area (TPSA) is 119 Å². The van der Waals surface area contributed by atoms with Gasteiger partial charge in [-0.15, -0.1) is 22.7 Å². The molecule has 0 radical (unpaired) electrons. The Morgan fingerprint density at radius 1 is 0.688 bits per heavy atom. The van der Waals surface area contributed by atoms with Crippen LogP contribution in [-0.2, 0) is 0 Å². The lowest BCUT2D eigenvalue weighted by Gasteiger charge is -2.11. The van der Waals surface area contributed by atoms with Crippen LogP contribution < -0.4 is 15.8 Å². The largest absolute Gasteiger partial charge is 0.508 e. The van der Waals surface area contributed by atoms with Crippen molar-refractivity contribution in [2.45, 2.75) is 0 Å². The molecule has 0 unspecified atom stereocenters. The molecule has 0 aliphatic carbocycles. The van der Waals surface area contributed by atoms with E-state index in [0.29, 0.717) is 11.6 Å². The number of methoxy groups -OCH3 is 1. The summed E-state index contributed by atoms with van der Waals surface area (Å²) in [5.41, 5.74) is 15.2. The first kappa shape index (κ1) is 29.6. The molecule has 8 aromatic rings. The second-order valence-electron chi connectivity index (χ2n) is 11.2. The van der Waals surface area contributed by atoms with Crippen LogP contribution in [-0.4, -0.2) is 39.2 Å². The summed E-state index contributed by atoms with van der Waals surface area (Å²) in [7, 11) is 3.52. The zero-order chi connectivity index (χ0) is 32.8. The Morgan fingerprint density at radius 2 is 1.31 bits per heavy atom. The van der Waals surface area contributed by atoms with Crippen molar-refractivity contribution in [2.24, 2.45) is 0 Å². The summed E-state index contributed by atoms with van der Waals surface area (Å²) in [6.07, 6.45) is 3.64. The highest BCUT2D eigenvalue weighted by molar-refractivity contribution is 7.22. The minimum Gasteiger partial charge on any atom is -0.508 e. The van der Waals surface area contributed by atoms with E-state index in [1.54, 1.807) is 42.8 Å². The predicted octanol–water partition coefficient (Wildman–Crippen LogP) is 9.37. The third kappa shape index (κ3) is 5.36. The van der Waals surface area contributed by atoms with Gasteiger partial charge in [-0.05, 0) is 59.7 Å². The zero-order valence-corrected chi connectivity index (χ0v) is 27.6. The fourth-order valence-corrected chi connectivity index (χ4v) is 7.90. The summed E-state index contributed by atoms with van der Waals surface area (Å²) >= 11 is 3.13. The van der Waals surface area contributed by atoms with E-state index in [1.807, 2.05) is 37.5 Å². The van der Waals surface area contributed by atoms with Crippen molar-refractivity contribution in [3.63, 3.8) is 0 Å². The van der Waals surface area contributed by atoms with E-state index < -0.39 is 0 Å². The number of nitrogens with two attached hydrogens (primary N) is 1. The lowest BCUT2D eigenvalue weighted by Crippen LogP contribution is -1.91. The molecule has 0 fully saturated rings. The molecule has 234 valence electrons. The van der Waals surface area contributed by atoms with Crippen molar-refractivity contribution in [1.29, 1.82) is 0 Å². The molecular weight excluding hydrogens is 637 g/mol. The maximum absolute atomic E-state index is 10.9. The Kier molecular flexibility index (Phi) is 7.43. The van der Waals surface area contributed by atoms with Crippen molar-refractivity contribution in [3.05, 3.63) is 109 Å². The van der Waals surface area contributed by atoms with Gasteiger partial charge in [-0.25, -0.2) is 19.9 Å². The molecule has 0 spiro atoms. The smallest absolute Gasteiger partial charge is 0.128 e. The molecular formula is C38H28N6O2S2. The number of fused-ring (bicyclic) bond motifs is 2. The molecule has 0 aliphatic heterocycles. The molecule has 8 nitrogen and oxygen atoms in total. The Balaban J connectivity index is 1.19. The SMILES string of the molecule is CNc1ccc(-c2ccc(-c3nc4ccc(OC)c(-c5cc(O)cc6sc(-c7ccc(-c8ccc(N)nc8)cc7)nc56)c4s3)cc2)cn1. The fourth-order valence-electron chi connectivity index (χ4n) is 5.75. The molecule has 4 aromatic heterocycles. The van der Waals surface area contributed by atoms with Gasteiger partial charge in [-0.1, -0.05) is 48.5 Å². The Bertz CT molecular complexity index is 2420. The lowest BCUT2D eigenvalue weighted by atomic mass is 10.0. The number of nitrogens with one attached hydrogen (secondary N) is 1. The normalized spacial score (nSPS) is 11.3. The first-order chi connectivity index (χ1) is 23.5. The number of nitrogens with zero attached hydrogens (tertiary/aromatic N) is 4. The van der Waals surface area contributed by atoms with Gasteiger partial charge in [0.25, 0.3) is 0 Å². The number of pyridine rings is 2. The Morgan fingerprint density at radius 3 is 1.92 bits per heavy atom. The van der Waals surface area contributed by atoms with Crippen molar-refractivity contribution in [1.82, 2.24) is 19.9 Å². The molecule has 0 amide bonds. The van der Waals surface area contributed by atoms with Gasteiger partial charge < -0.3 is 20.9 Å². The number of benzene rings is 4. The minimum atomic E-state index is 0.163. The molecule has 10 heteroatoms. The van der Waals surface area contributed by atoms with Gasteiger partial charge in [0, 0.05) is 52.8 Å². The predicted molar refractivity (Wildman–Crippen MR) is 198 cm³/mol. The fraction of sp³-hybridized carbons (Fsp3) is 0.0526. The van der Waals surface area contributed by atoms with Gasteiger partial charge in [0.05, 0.1) is 27.5 Å². The van der Waals surface area contributed by atoms with E-state index in [0.717, 1.165) is 80.8 Å². The number of aromatic hydroxyl groups is 1. The molecule has 8 rings (SSSR count). The summed E-state index contributed by atoms with van der Waals surface area (Å²) in [5, 5.41) is 15.7. The van der Waals surface area contributed by atoms with Crippen LogP contribution in [0.3, 0.4) is 0 Å². The Labute approximate surface area is 284 Å². The molecule has 0 saturated carbocycles. The van der Waals surface area contributed by atoms with Crippen molar-refractivity contribution in [3.8, 4) is 66.0 Å². The molecule has 48 heavy (non-hydrogen) atoms. The van der Waals surface area contributed by atoms with E-state index >= 15 is 0 Å². The van der Waals surface area contributed by atoms with Crippen LogP contribution in [0.4, 0.5) is 11.6 Å². The monoisotopic (exact) mass is 664 g/mol. The standard InChI is InChI=1S/C38H28N6O2S2/c1-40-33-16-12-26(20-42-33)22-3-7-23(8-4-22)37-43-29-13-14-30(46-2)34(36(29)48-37)28-17-27(45)18-31-35(28)44-38(47-31)24-9-5-21(6-10-24)25-11-15-32(39)41-19-25/h3-20,45H,1-2H3,(H2,39,41)(H,40,42). The van der Waals surface area contributed by atoms with Gasteiger partial charge in [-0.3, -0.25) is 0 Å². The second kappa shape index (κ2) is 12.1. The first-order valence-corrected chi connectivity index (χ1v) is 16.8. The van der Waals surface area contributed by atoms with Gasteiger partial charge in [0.15, 0.2) is 0 Å². The molecule has 4 N–H and O–H groups in total. The molecule has 4 heterocycles. The van der Waals surface area contributed by atoms with E-state index in [4.69, 9.17) is 20.4 Å². The number of rotatable bonds is 7. The first-order valence-electron chi connectivity index (χ1n) is 15.2. The van der Waals surface area contributed by atoms with Gasteiger partial charge in [0.1, 0.15) is 33.1 Å². The number of hydrogen-bond donors (Lipinski definition) is 3. The van der Waals surface area contributed by atoms with Crippen molar-refractivity contribution in [2.75, 3.05) is 25.2 Å². The van der Waals surface area contributed by atoms with E-state index in [1.165, 1.54) is 11.3 Å². The summed E-state index contributed by atoms with van der Waals surface area (Å²) in [4.78, 5) is 18.8. The van der Waals surface area contributed by atoms with Crippen LogP contribution in [0, 0.1) is 0 Å². The van der Waals surface area contributed by atoms with Crippen LogP contribution in [0.1, 0.15) is 0 Å². The molecule has 0 aliphatic rings. The molecule has 0 atom stereocenters. The maximum Gasteiger partial charge on any atom is 0.128 e. The van der Waals surface area contributed by atoms with Crippen molar-refractivity contribution < 1.29 is 9.84 Å². The quantitative estimate of drug-likeness (QED) is 0.154. The number of aromatic nitrogens is 4. The van der Waals surface area contributed by atoms with Crippen molar-refractivity contribution >= 4 is 54.7 Å².